The van der Waals surface area contributed by atoms with Gasteiger partial charge in [-0.25, -0.2) is 4.79 Å². The Hall–Kier alpha value is -2.88. The molecule has 4 heteroatoms. The maximum Gasteiger partial charge on any atom is 0.352 e. The number of hydrogen-bond donors (Lipinski definition) is 2. The van der Waals surface area contributed by atoms with Gasteiger partial charge in [0.1, 0.15) is 5.70 Å². The van der Waals surface area contributed by atoms with Crippen molar-refractivity contribution in [1.29, 1.82) is 0 Å². The minimum Gasteiger partial charge on any atom is -0.477 e. The molecule has 4 nitrogen and oxygen atoms in total. The summed E-state index contributed by atoms with van der Waals surface area (Å²) in [5.74, 6) is -1.63. The van der Waals surface area contributed by atoms with Crippen molar-refractivity contribution < 1.29 is 14.7 Å². The molecule has 0 aliphatic carbocycles. The summed E-state index contributed by atoms with van der Waals surface area (Å²) in [5, 5.41) is 11.6. The van der Waals surface area contributed by atoms with Gasteiger partial charge in [0.15, 0.2) is 0 Å². The number of rotatable bonds is 4. The second-order valence-electron chi connectivity index (χ2n) is 4.59. The molecule has 0 unspecified atom stereocenters. The highest BCUT2D eigenvalue weighted by molar-refractivity contribution is 6.02. The van der Waals surface area contributed by atoms with Crippen molar-refractivity contribution in [3.63, 3.8) is 0 Å². The van der Waals surface area contributed by atoms with Crippen LogP contribution in [0.4, 0.5) is 0 Å². The summed E-state index contributed by atoms with van der Waals surface area (Å²) in [7, 11) is 0. The van der Waals surface area contributed by atoms with Crippen LogP contribution < -0.4 is 5.32 Å². The highest BCUT2D eigenvalue weighted by atomic mass is 16.4. The van der Waals surface area contributed by atoms with Gasteiger partial charge in [-0.2, -0.15) is 0 Å². The Morgan fingerprint density at radius 1 is 1.00 bits per heavy atom. The summed E-state index contributed by atoms with van der Waals surface area (Å²) in [4.78, 5) is 23.3. The van der Waals surface area contributed by atoms with E-state index in [9.17, 15) is 14.7 Å². The minimum absolute atomic E-state index is 0.160. The van der Waals surface area contributed by atoms with Crippen molar-refractivity contribution in [3.8, 4) is 0 Å². The summed E-state index contributed by atoms with van der Waals surface area (Å²) in [5.41, 5.74) is 2.00. The predicted octanol–water partition coefficient (Wildman–Crippen LogP) is 2.85. The molecule has 2 rings (SSSR count). The van der Waals surface area contributed by atoms with Crippen LogP contribution in [0.25, 0.3) is 6.08 Å². The van der Waals surface area contributed by atoms with Crippen molar-refractivity contribution in [2.75, 3.05) is 0 Å². The van der Waals surface area contributed by atoms with Crippen molar-refractivity contribution in [2.45, 2.75) is 6.92 Å². The lowest BCUT2D eigenvalue weighted by Gasteiger charge is -2.06. The average Bonchev–Trinajstić information content (AvgIpc) is 2.48. The highest BCUT2D eigenvalue weighted by Gasteiger charge is 2.13. The van der Waals surface area contributed by atoms with Crippen LogP contribution in [-0.2, 0) is 4.79 Å². The van der Waals surface area contributed by atoms with E-state index in [1.807, 2.05) is 13.0 Å². The molecule has 2 N–H and O–H groups in total. The van der Waals surface area contributed by atoms with Crippen LogP contribution in [0.1, 0.15) is 21.5 Å². The van der Waals surface area contributed by atoms with Crippen LogP contribution in [0.2, 0.25) is 0 Å². The topological polar surface area (TPSA) is 66.4 Å². The molecule has 0 aromatic heterocycles. The fourth-order valence-corrected chi connectivity index (χ4v) is 1.77. The summed E-state index contributed by atoms with van der Waals surface area (Å²) in [6.07, 6.45) is 1.43. The second kappa shape index (κ2) is 6.52. The zero-order valence-corrected chi connectivity index (χ0v) is 11.5. The predicted molar refractivity (Wildman–Crippen MR) is 80.7 cm³/mol. The Labute approximate surface area is 122 Å². The van der Waals surface area contributed by atoms with Crippen LogP contribution in [-0.4, -0.2) is 17.0 Å². The van der Waals surface area contributed by atoms with E-state index in [2.05, 4.69) is 5.32 Å². The normalized spacial score (nSPS) is 11.0. The third-order valence-electron chi connectivity index (χ3n) is 2.90. The second-order valence-corrected chi connectivity index (χ2v) is 4.59. The van der Waals surface area contributed by atoms with Gasteiger partial charge in [-0.1, -0.05) is 48.0 Å². The van der Waals surface area contributed by atoms with Crippen LogP contribution in [0.3, 0.4) is 0 Å². The molecule has 0 bridgehead atoms. The number of carbonyl (C=O) groups is 2. The lowest BCUT2D eigenvalue weighted by atomic mass is 10.1. The molecular formula is C17H15NO3. The first kappa shape index (κ1) is 14.5. The molecule has 21 heavy (non-hydrogen) atoms. The number of benzene rings is 2. The molecule has 0 heterocycles. The van der Waals surface area contributed by atoms with Crippen molar-refractivity contribution in [2.24, 2.45) is 0 Å². The molecular weight excluding hydrogens is 266 g/mol. The van der Waals surface area contributed by atoms with Crippen LogP contribution in [0.15, 0.2) is 60.3 Å². The Kier molecular flexibility index (Phi) is 4.51. The number of nitrogens with one attached hydrogen (secondary N) is 1. The third kappa shape index (κ3) is 4.04. The molecule has 0 spiro atoms. The largest absolute Gasteiger partial charge is 0.477 e. The van der Waals surface area contributed by atoms with Gasteiger partial charge in [-0.15, -0.1) is 0 Å². The smallest absolute Gasteiger partial charge is 0.352 e. The van der Waals surface area contributed by atoms with Crippen molar-refractivity contribution in [3.05, 3.63) is 77.0 Å². The van der Waals surface area contributed by atoms with Crippen LogP contribution >= 0.6 is 0 Å². The average molecular weight is 281 g/mol. The molecule has 0 aliphatic rings. The summed E-state index contributed by atoms with van der Waals surface area (Å²) in [6, 6.07) is 15.9. The number of aliphatic carboxylic acids is 1. The van der Waals surface area contributed by atoms with E-state index >= 15 is 0 Å². The minimum atomic E-state index is -1.18. The van der Waals surface area contributed by atoms with Gasteiger partial charge < -0.3 is 10.4 Å². The number of aryl methyl sites for hydroxylation is 1. The van der Waals surface area contributed by atoms with Gasteiger partial charge in [0, 0.05) is 5.56 Å². The van der Waals surface area contributed by atoms with Gasteiger partial charge >= 0.3 is 5.97 Å². The van der Waals surface area contributed by atoms with E-state index in [1.165, 1.54) is 6.08 Å². The number of hydrogen-bond acceptors (Lipinski definition) is 2. The molecule has 106 valence electrons. The van der Waals surface area contributed by atoms with Gasteiger partial charge in [-0.3, -0.25) is 4.79 Å². The van der Waals surface area contributed by atoms with Crippen molar-refractivity contribution >= 4 is 18.0 Å². The first-order valence-electron chi connectivity index (χ1n) is 6.44. The van der Waals surface area contributed by atoms with E-state index in [0.717, 1.165) is 5.56 Å². The van der Waals surface area contributed by atoms with E-state index in [1.54, 1.807) is 48.5 Å². The molecule has 0 radical (unpaired) electrons. The quantitative estimate of drug-likeness (QED) is 0.847. The van der Waals surface area contributed by atoms with E-state index in [0.29, 0.717) is 11.1 Å². The van der Waals surface area contributed by atoms with Gasteiger partial charge in [0.25, 0.3) is 5.91 Å². The summed E-state index contributed by atoms with van der Waals surface area (Å²) < 4.78 is 0. The maximum absolute atomic E-state index is 12.0. The number of carbonyl (C=O) groups excluding carboxylic acids is 1. The SMILES string of the molecule is Cc1ccc(C(=O)N/C(=C\c2ccccc2)C(=O)O)cc1. The fourth-order valence-electron chi connectivity index (χ4n) is 1.77. The van der Waals surface area contributed by atoms with E-state index in [4.69, 9.17) is 0 Å². The first-order valence-corrected chi connectivity index (χ1v) is 6.44. The first-order chi connectivity index (χ1) is 10.1. The van der Waals surface area contributed by atoms with Gasteiger partial charge in [0.05, 0.1) is 0 Å². The number of amides is 1. The van der Waals surface area contributed by atoms with Gasteiger partial charge in [0.2, 0.25) is 0 Å². The summed E-state index contributed by atoms with van der Waals surface area (Å²) >= 11 is 0. The molecule has 0 saturated heterocycles. The van der Waals surface area contributed by atoms with Crippen LogP contribution in [0, 0.1) is 6.92 Å². The molecule has 0 aliphatic heterocycles. The fraction of sp³-hybridized carbons (Fsp3) is 0.0588. The number of carboxylic acid groups (broad SMARTS) is 1. The zero-order valence-electron chi connectivity index (χ0n) is 11.5. The summed E-state index contributed by atoms with van der Waals surface area (Å²) in [6.45, 7) is 1.92. The lowest BCUT2D eigenvalue weighted by molar-refractivity contribution is -0.132. The van der Waals surface area contributed by atoms with E-state index < -0.39 is 11.9 Å². The standard InChI is InChI=1S/C17H15NO3/c1-12-7-9-14(10-8-12)16(19)18-15(17(20)21)11-13-5-3-2-4-6-13/h2-11H,1H3,(H,18,19)(H,20,21)/b15-11-. The van der Waals surface area contributed by atoms with Crippen molar-refractivity contribution in [1.82, 2.24) is 5.32 Å². The third-order valence-corrected chi connectivity index (χ3v) is 2.90. The highest BCUT2D eigenvalue weighted by Crippen LogP contribution is 2.07. The molecule has 2 aromatic rings. The van der Waals surface area contributed by atoms with Gasteiger partial charge in [-0.05, 0) is 30.7 Å². The monoisotopic (exact) mass is 281 g/mol. The Morgan fingerprint density at radius 3 is 2.19 bits per heavy atom. The molecule has 2 aromatic carbocycles. The Balaban J connectivity index is 2.21. The number of carboxylic acids is 1. The molecule has 0 fully saturated rings. The lowest BCUT2D eigenvalue weighted by Crippen LogP contribution is -2.27. The van der Waals surface area contributed by atoms with Crippen LogP contribution in [0.5, 0.6) is 0 Å². The maximum atomic E-state index is 12.0. The molecule has 1 amide bonds. The Morgan fingerprint density at radius 2 is 1.62 bits per heavy atom. The van der Waals surface area contributed by atoms with E-state index in [-0.39, 0.29) is 5.70 Å². The molecule has 0 saturated carbocycles. The Bertz CT molecular complexity index is 673. The zero-order chi connectivity index (χ0) is 15.2. The molecule has 0 atom stereocenters.